The monoisotopic (exact) mass is 244 g/mol. The zero-order valence-electron chi connectivity index (χ0n) is 11.1. The second kappa shape index (κ2) is 5.85. The summed E-state index contributed by atoms with van der Waals surface area (Å²) in [5.74, 6) is -0.117. The predicted molar refractivity (Wildman–Crippen MR) is 72.1 cm³/mol. The normalized spacial score (nSPS) is 19.2. The minimum Gasteiger partial charge on any atom is -0.450 e. The first kappa shape index (κ1) is 12.9. The molecule has 1 heterocycles. The minimum absolute atomic E-state index is 0.117. The maximum absolute atomic E-state index is 12.0. The first-order valence-electron chi connectivity index (χ1n) is 6.75. The summed E-state index contributed by atoms with van der Waals surface area (Å²) in [5, 5.41) is 0. The smallest absolute Gasteiger partial charge is 0.335 e. The molecule has 1 aliphatic heterocycles. The lowest BCUT2D eigenvalue weighted by molar-refractivity contribution is -0.140. The van der Waals surface area contributed by atoms with Gasteiger partial charge in [-0.05, 0) is 24.0 Å². The molecule has 0 bridgehead atoms. The van der Waals surface area contributed by atoms with E-state index >= 15 is 0 Å². The SMILES string of the molecule is CCCC1=C(CCC)C(c2ccccc2)OC1=O. The van der Waals surface area contributed by atoms with Crippen molar-refractivity contribution < 1.29 is 9.53 Å². The highest BCUT2D eigenvalue weighted by molar-refractivity contribution is 5.92. The van der Waals surface area contributed by atoms with Crippen molar-refractivity contribution in [2.75, 3.05) is 0 Å². The molecule has 1 aromatic rings. The highest BCUT2D eigenvalue weighted by Crippen LogP contribution is 2.39. The van der Waals surface area contributed by atoms with Crippen LogP contribution in [0.1, 0.15) is 51.2 Å². The number of carbonyl (C=O) groups excluding carboxylic acids is 1. The summed E-state index contributed by atoms with van der Waals surface area (Å²) >= 11 is 0. The average molecular weight is 244 g/mol. The van der Waals surface area contributed by atoms with Crippen LogP contribution in [0.4, 0.5) is 0 Å². The third-order valence-electron chi connectivity index (χ3n) is 3.30. The molecule has 0 aliphatic carbocycles. The standard InChI is InChI=1S/C16H20O2/c1-3-8-13-14(9-4-2)16(17)18-15(13)12-10-6-5-7-11-12/h5-7,10-11,15H,3-4,8-9H2,1-2H3. The Bertz CT molecular complexity index is 445. The largest absolute Gasteiger partial charge is 0.450 e. The maximum Gasteiger partial charge on any atom is 0.335 e. The third-order valence-corrected chi connectivity index (χ3v) is 3.30. The van der Waals surface area contributed by atoms with Crippen molar-refractivity contribution in [1.82, 2.24) is 0 Å². The van der Waals surface area contributed by atoms with Gasteiger partial charge in [0.1, 0.15) is 6.10 Å². The van der Waals surface area contributed by atoms with E-state index < -0.39 is 0 Å². The Morgan fingerprint density at radius 2 is 1.72 bits per heavy atom. The lowest BCUT2D eigenvalue weighted by Gasteiger charge is -2.14. The Kier molecular flexibility index (Phi) is 4.19. The quantitative estimate of drug-likeness (QED) is 0.726. The van der Waals surface area contributed by atoms with E-state index in [1.165, 1.54) is 5.57 Å². The zero-order valence-corrected chi connectivity index (χ0v) is 11.1. The van der Waals surface area contributed by atoms with E-state index in [9.17, 15) is 4.79 Å². The Labute approximate surface area is 109 Å². The number of esters is 1. The van der Waals surface area contributed by atoms with Gasteiger partial charge in [-0.2, -0.15) is 0 Å². The summed E-state index contributed by atoms with van der Waals surface area (Å²) in [6, 6.07) is 10.0. The van der Waals surface area contributed by atoms with E-state index in [1.807, 2.05) is 30.3 Å². The van der Waals surface area contributed by atoms with Crippen molar-refractivity contribution in [2.45, 2.75) is 45.6 Å². The molecule has 0 amide bonds. The molecule has 0 N–H and O–H groups in total. The number of ether oxygens (including phenoxy) is 1. The Morgan fingerprint density at radius 1 is 1.06 bits per heavy atom. The lowest BCUT2D eigenvalue weighted by Crippen LogP contribution is -2.03. The van der Waals surface area contributed by atoms with Crippen LogP contribution < -0.4 is 0 Å². The van der Waals surface area contributed by atoms with Crippen LogP contribution in [0.25, 0.3) is 0 Å². The molecule has 0 saturated heterocycles. The van der Waals surface area contributed by atoms with Crippen LogP contribution in [0.15, 0.2) is 41.5 Å². The fourth-order valence-electron chi connectivity index (χ4n) is 2.50. The summed E-state index contributed by atoms with van der Waals surface area (Å²) in [7, 11) is 0. The predicted octanol–water partition coefficient (Wildman–Crippen LogP) is 4.18. The van der Waals surface area contributed by atoms with Crippen molar-refractivity contribution in [2.24, 2.45) is 0 Å². The molecule has 0 aromatic heterocycles. The van der Waals surface area contributed by atoms with Crippen molar-refractivity contribution in [3.8, 4) is 0 Å². The van der Waals surface area contributed by atoms with Gasteiger partial charge in [0.25, 0.3) is 0 Å². The number of cyclic esters (lactones) is 1. The molecule has 1 unspecified atom stereocenters. The lowest BCUT2D eigenvalue weighted by atomic mass is 9.94. The van der Waals surface area contributed by atoms with Gasteiger partial charge in [-0.1, -0.05) is 57.0 Å². The molecule has 1 aliphatic rings. The molecule has 0 radical (unpaired) electrons. The summed E-state index contributed by atoms with van der Waals surface area (Å²) < 4.78 is 5.56. The van der Waals surface area contributed by atoms with Crippen LogP contribution in [0.2, 0.25) is 0 Å². The molecule has 2 nitrogen and oxygen atoms in total. The molecular weight excluding hydrogens is 224 g/mol. The van der Waals surface area contributed by atoms with Crippen LogP contribution in [-0.2, 0) is 9.53 Å². The molecule has 1 aromatic carbocycles. The Hall–Kier alpha value is -1.57. The summed E-state index contributed by atoms with van der Waals surface area (Å²) in [6.07, 6.45) is 3.65. The van der Waals surface area contributed by atoms with Gasteiger partial charge in [-0.25, -0.2) is 4.79 Å². The van der Waals surface area contributed by atoms with Gasteiger partial charge >= 0.3 is 5.97 Å². The van der Waals surface area contributed by atoms with Crippen LogP contribution in [0.5, 0.6) is 0 Å². The van der Waals surface area contributed by atoms with Crippen LogP contribution in [0, 0.1) is 0 Å². The second-order valence-electron chi connectivity index (χ2n) is 4.70. The first-order chi connectivity index (χ1) is 8.77. The van der Waals surface area contributed by atoms with Crippen LogP contribution in [0.3, 0.4) is 0 Å². The summed E-state index contributed by atoms with van der Waals surface area (Å²) in [6.45, 7) is 4.24. The van der Waals surface area contributed by atoms with Gasteiger partial charge in [0, 0.05) is 5.57 Å². The van der Waals surface area contributed by atoms with Crippen molar-refractivity contribution in [3.63, 3.8) is 0 Å². The highest BCUT2D eigenvalue weighted by atomic mass is 16.5. The summed E-state index contributed by atoms with van der Waals surface area (Å²) in [5.41, 5.74) is 3.18. The molecular formula is C16H20O2. The highest BCUT2D eigenvalue weighted by Gasteiger charge is 2.33. The molecule has 18 heavy (non-hydrogen) atoms. The van der Waals surface area contributed by atoms with Gasteiger partial charge in [0.15, 0.2) is 0 Å². The molecule has 2 heteroatoms. The average Bonchev–Trinajstić information content (AvgIpc) is 2.70. The van der Waals surface area contributed by atoms with Gasteiger partial charge in [-0.15, -0.1) is 0 Å². The van der Waals surface area contributed by atoms with Gasteiger partial charge < -0.3 is 4.74 Å². The van der Waals surface area contributed by atoms with E-state index in [4.69, 9.17) is 4.74 Å². The Morgan fingerprint density at radius 3 is 2.33 bits per heavy atom. The fourth-order valence-corrected chi connectivity index (χ4v) is 2.50. The molecule has 0 spiro atoms. The second-order valence-corrected chi connectivity index (χ2v) is 4.70. The van der Waals surface area contributed by atoms with E-state index in [0.717, 1.165) is 36.8 Å². The topological polar surface area (TPSA) is 26.3 Å². The number of rotatable bonds is 5. The van der Waals surface area contributed by atoms with Crippen molar-refractivity contribution >= 4 is 5.97 Å². The minimum atomic E-state index is -0.153. The van der Waals surface area contributed by atoms with Gasteiger partial charge in [0.05, 0.1) is 0 Å². The first-order valence-corrected chi connectivity index (χ1v) is 6.75. The molecule has 0 fully saturated rings. The number of hydrogen-bond acceptors (Lipinski definition) is 2. The van der Waals surface area contributed by atoms with E-state index in [1.54, 1.807) is 0 Å². The van der Waals surface area contributed by atoms with Gasteiger partial charge in [0.2, 0.25) is 0 Å². The fraction of sp³-hybridized carbons (Fsp3) is 0.438. The number of benzene rings is 1. The maximum atomic E-state index is 12.0. The van der Waals surface area contributed by atoms with Crippen molar-refractivity contribution in [1.29, 1.82) is 0 Å². The van der Waals surface area contributed by atoms with Crippen LogP contribution in [-0.4, -0.2) is 5.97 Å². The molecule has 2 rings (SSSR count). The zero-order chi connectivity index (χ0) is 13.0. The van der Waals surface area contributed by atoms with Gasteiger partial charge in [-0.3, -0.25) is 0 Å². The third kappa shape index (κ3) is 2.47. The number of hydrogen-bond donors (Lipinski definition) is 0. The Balaban J connectivity index is 2.34. The van der Waals surface area contributed by atoms with E-state index in [0.29, 0.717) is 0 Å². The van der Waals surface area contributed by atoms with Crippen molar-refractivity contribution in [3.05, 3.63) is 47.0 Å². The molecule has 1 atom stereocenters. The molecule has 0 saturated carbocycles. The van der Waals surface area contributed by atoms with Crippen LogP contribution >= 0.6 is 0 Å². The molecule has 96 valence electrons. The number of carbonyl (C=O) groups is 1. The van der Waals surface area contributed by atoms with E-state index in [2.05, 4.69) is 13.8 Å². The van der Waals surface area contributed by atoms with E-state index in [-0.39, 0.29) is 12.1 Å². The summed E-state index contributed by atoms with van der Waals surface area (Å²) in [4.78, 5) is 12.0.